The zero-order valence-corrected chi connectivity index (χ0v) is 16.8. The van der Waals surface area contributed by atoms with E-state index in [0.717, 1.165) is 5.41 Å². The van der Waals surface area contributed by atoms with E-state index in [-0.39, 0.29) is 24.9 Å². The Kier molecular flexibility index (Phi) is 6.81. The standard InChI is InChI=1S/C17H30N2O5S/c1-8-25(22,23)19-10-9-13(11-19)15(20)18(7)14(12(2)3)16(21)24-17(4,5)6/h8,12-14H,1,9-11H2,2-7H3/t13-,14?/m0/s1. The van der Waals surface area contributed by atoms with E-state index in [1.807, 2.05) is 13.8 Å². The molecule has 8 heteroatoms. The molecule has 0 aromatic carbocycles. The molecule has 7 nitrogen and oxygen atoms in total. The number of amides is 1. The van der Waals surface area contributed by atoms with Gasteiger partial charge < -0.3 is 9.64 Å². The van der Waals surface area contributed by atoms with Crippen LogP contribution in [0.25, 0.3) is 0 Å². The molecule has 0 aromatic rings. The van der Waals surface area contributed by atoms with Gasteiger partial charge in [-0.05, 0) is 33.1 Å². The molecule has 0 aliphatic carbocycles. The first-order valence-corrected chi connectivity index (χ1v) is 9.92. The first-order chi connectivity index (χ1) is 11.3. The summed E-state index contributed by atoms with van der Waals surface area (Å²) in [6, 6.07) is -0.711. The highest BCUT2D eigenvalue weighted by molar-refractivity contribution is 7.92. The average molecular weight is 375 g/mol. The molecule has 1 heterocycles. The van der Waals surface area contributed by atoms with Gasteiger partial charge in [0, 0.05) is 25.5 Å². The Hall–Kier alpha value is -1.41. The number of nitrogens with zero attached hydrogens (tertiary/aromatic N) is 2. The molecule has 1 aliphatic rings. The summed E-state index contributed by atoms with van der Waals surface area (Å²) < 4.78 is 30.4. The van der Waals surface area contributed by atoms with E-state index >= 15 is 0 Å². The normalized spacial score (nSPS) is 20.4. The molecule has 1 saturated heterocycles. The van der Waals surface area contributed by atoms with Crippen molar-refractivity contribution in [3.05, 3.63) is 12.0 Å². The molecule has 0 radical (unpaired) electrons. The number of carbonyl (C=O) groups is 2. The van der Waals surface area contributed by atoms with Gasteiger partial charge in [-0.3, -0.25) is 4.79 Å². The SMILES string of the molecule is C=CS(=O)(=O)N1CC[C@H](C(=O)N(C)C(C(=O)OC(C)(C)C)C(C)C)C1. The predicted octanol–water partition coefficient (Wildman–Crippen LogP) is 1.61. The maximum atomic E-state index is 12.8. The van der Waals surface area contributed by atoms with Crippen molar-refractivity contribution in [3.8, 4) is 0 Å². The average Bonchev–Trinajstić information content (AvgIpc) is 2.94. The summed E-state index contributed by atoms with van der Waals surface area (Å²) in [6.45, 7) is 12.7. The molecule has 0 bridgehead atoms. The zero-order chi connectivity index (χ0) is 19.6. The van der Waals surface area contributed by atoms with Gasteiger partial charge in [-0.25, -0.2) is 13.2 Å². The number of sulfonamides is 1. The molecule has 0 N–H and O–H groups in total. The van der Waals surface area contributed by atoms with Crippen molar-refractivity contribution in [2.45, 2.75) is 52.7 Å². The van der Waals surface area contributed by atoms with Crippen LogP contribution in [0.4, 0.5) is 0 Å². The van der Waals surface area contributed by atoms with Crippen molar-refractivity contribution in [2.75, 3.05) is 20.1 Å². The summed E-state index contributed by atoms with van der Waals surface area (Å²) >= 11 is 0. The molecule has 0 spiro atoms. The van der Waals surface area contributed by atoms with Crippen LogP contribution in [0.1, 0.15) is 41.0 Å². The molecule has 1 amide bonds. The molecule has 1 rings (SSSR count). The van der Waals surface area contributed by atoms with Gasteiger partial charge in [0.15, 0.2) is 0 Å². The Morgan fingerprint density at radius 3 is 2.32 bits per heavy atom. The van der Waals surface area contributed by atoms with Gasteiger partial charge in [0.05, 0.1) is 5.92 Å². The molecular formula is C17H30N2O5S. The van der Waals surface area contributed by atoms with E-state index < -0.39 is 33.6 Å². The van der Waals surface area contributed by atoms with Gasteiger partial charge in [0.25, 0.3) is 0 Å². The molecule has 0 saturated carbocycles. The lowest BCUT2D eigenvalue weighted by molar-refractivity contribution is -0.166. The fourth-order valence-electron chi connectivity index (χ4n) is 2.93. The number of esters is 1. The smallest absolute Gasteiger partial charge is 0.329 e. The number of likely N-dealkylation sites (N-methyl/N-ethyl adjacent to an activating group) is 1. The maximum absolute atomic E-state index is 12.8. The molecule has 2 atom stereocenters. The van der Waals surface area contributed by atoms with Crippen LogP contribution in [0.5, 0.6) is 0 Å². The minimum absolute atomic E-state index is 0.108. The van der Waals surface area contributed by atoms with Gasteiger partial charge in [0.1, 0.15) is 11.6 Å². The fraction of sp³-hybridized carbons (Fsp3) is 0.765. The van der Waals surface area contributed by atoms with Crippen LogP contribution in [-0.4, -0.2) is 61.3 Å². The van der Waals surface area contributed by atoms with Crippen LogP contribution in [0.15, 0.2) is 12.0 Å². The highest BCUT2D eigenvalue weighted by atomic mass is 32.2. The van der Waals surface area contributed by atoms with E-state index in [9.17, 15) is 18.0 Å². The van der Waals surface area contributed by atoms with Crippen LogP contribution in [0.3, 0.4) is 0 Å². The molecule has 0 aromatic heterocycles. The predicted molar refractivity (Wildman–Crippen MR) is 96.0 cm³/mol. The van der Waals surface area contributed by atoms with Crippen molar-refractivity contribution in [2.24, 2.45) is 11.8 Å². The van der Waals surface area contributed by atoms with Crippen LogP contribution in [0.2, 0.25) is 0 Å². The fourth-order valence-corrected chi connectivity index (χ4v) is 3.89. The zero-order valence-electron chi connectivity index (χ0n) is 16.0. The third-order valence-electron chi connectivity index (χ3n) is 4.12. The quantitative estimate of drug-likeness (QED) is 0.660. The Morgan fingerprint density at radius 1 is 1.32 bits per heavy atom. The van der Waals surface area contributed by atoms with Gasteiger partial charge in [-0.2, -0.15) is 4.31 Å². The van der Waals surface area contributed by atoms with E-state index in [1.165, 1.54) is 9.21 Å². The molecule has 25 heavy (non-hydrogen) atoms. The van der Waals surface area contributed by atoms with Crippen molar-refractivity contribution in [1.29, 1.82) is 0 Å². The minimum atomic E-state index is -3.53. The Morgan fingerprint density at radius 2 is 1.88 bits per heavy atom. The maximum Gasteiger partial charge on any atom is 0.329 e. The number of carbonyl (C=O) groups excluding carboxylic acids is 2. The van der Waals surface area contributed by atoms with Crippen molar-refractivity contribution >= 4 is 21.9 Å². The Labute approximate surface area is 151 Å². The number of hydrogen-bond acceptors (Lipinski definition) is 5. The summed E-state index contributed by atoms with van der Waals surface area (Å²) in [6.07, 6.45) is 0.426. The topological polar surface area (TPSA) is 84.0 Å². The first-order valence-electron chi connectivity index (χ1n) is 8.42. The lowest BCUT2D eigenvalue weighted by Gasteiger charge is -2.33. The van der Waals surface area contributed by atoms with Crippen molar-refractivity contribution in [1.82, 2.24) is 9.21 Å². The van der Waals surface area contributed by atoms with Crippen LogP contribution < -0.4 is 0 Å². The van der Waals surface area contributed by atoms with E-state index in [1.54, 1.807) is 27.8 Å². The van der Waals surface area contributed by atoms with Crippen LogP contribution in [-0.2, 0) is 24.3 Å². The second-order valence-corrected chi connectivity index (χ2v) is 9.61. The van der Waals surface area contributed by atoms with Gasteiger partial charge >= 0.3 is 5.97 Å². The van der Waals surface area contributed by atoms with Crippen LogP contribution >= 0.6 is 0 Å². The molecular weight excluding hydrogens is 344 g/mol. The molecule has 144 valence electrons. The second-order valence-electron chi connectivity index (χ2n) is 7.73. The lowest BCUT2D eigenvalue weighted by Crippen LogP contribution is -2.50. The van der Waals surface area contributed by atoms with Gasteiger partial charge in [-0.1, -0.05) is 20.4 Å². The van der Waals surface area contributed by atoms with E-state index in [4.69, 9.17) is 4.74 Å². The number of rotatable bonds is 6. The molecule has 1 fully saturated rings. The van der Waals surface area contributed by atoms with Crippen molar-refractivity contribution < 1.29 is 22.7 Å². The summed E-state index contributed by atoms with van der Waals surface area (Å²) in [5, 5.41) is 0.890. The summed E-state index contributed by atoms with van der Waals surface area (Å²) in [4.78, 5) is 26.7. The third kappa shape index (κ3) is 5.54. The monoisotopic (exact) mass is 374 g/mol. The van der Waals surface area contributed by atoms with E-state index in [0.29, 0.717) is 6.42 Å². The first kappa shape index (κ1) is 21.6. The summed E-state index contributed by atoms with van der Waals surface area (Å²) in [5.41, 5.74) is -0.643. The Bertz CT molecular complexity index is 621. The highest BCUT2D eigenvalue weighted by Gasteiger charge is 2.39. The van der Waals surface area contributed by atoms with Crippen molar-refractivity contribution in [3.63, 3.8) is 0 Å². The number of hydrogen-bond donors (Lipinski definition) is 0. The summed E-state index contributed by atoms with van der Waals surface area (Å²) in [7, 11) is -1.96. The third-order valence-corrected chi connectivity index (χ3v) is 5.59. The summed E-state index contributed by atoms with van der Waals surface area (Å²) in [5.74, 6) is -1.29. The second kappa shape index (κ2) is 7.86. The Balaban J connectivity index is 2.89. The minimum Gasteiger partial charge on any atom is -0.458 e. The largest absolute Gasteiger partial charge is 0.458 e. The van der Waals surface area contributed by atoms with Gasteiger partial charge in [-0.15, -0.1) is 0 Å². The highest BCUT2D eigenvalue weighted by Crippen LogP contribution is 2.24. The number of ether oxygens (including phenoxy) is 1. The molecule has 1 unspecified atom stereocenters. The van der Waals surface area contributed by atoms with Gasteiger partial charge in [0.2, 0.25) is 15.9 Å². The van der Waals surface area contributed by atoms with E-state index in [2.05, 4.69) is 6.58 Å². The lowest BCUT2D eigenvalue weighted by atomic mass is 9.99. The van der Waals surface area contributed by atoms with Crippen LogP contribution in [0, 0.1) is 11.8 Å². The molecule has 1 aliphatic heterocycles.